The molecule has 3 N–H and O–H groups in total. The van der Waals surface area contributed by atoms with Crippen molar-refractivity contribution in [2.24, 2.45) is 11.1 Å². The van der Waals surface area contributed by atoms with Crippen molar-refractivity contribution in [3.05, 3.63) is 35.8 Å². The summed E-state index contributed by atoms with van der Waals surface area (Å²) in [6, 6.07) is 1.69. The van der Waals surface area contributed by atoms with E-state index in [2.05, 4.69) is 11.5 Å². The molecule has 6 nitrogen and oxygen atoms in total. The number of allylic oxidation sites excluding steroid dienone is 1. The number of hydrogen-bond acceptors (Lipinski definition) is 4. The summed E-state index contributed by atoms with van der Waals surface area (Å²) in [6.07, 6.45) is 3.59. The Morgan fingerprint density at radius 1 is 1.48 bits per heavy atom. The van der Waals surface area contributed by atoms with Crippen molar-refractivity contribution in [1.29, 1.82) is 0 Å². The Balaban J connectivity index is 2.28. The maximum absolute atomic E-state index is 11.8. The van der Waals surface area contributed by atoms with E-state index in [1.165, 1.54) is 0 Å². The summed E-state index contributed by atoms with van der Waals surface area (Å²) >= 11 is 0. The molecule has 25 heavy (non-hydrogen) atoms. The first-order valence-electron chi connectivity index (χ1n) is 8.59. The molecule has 1 amide bonds. The largest absolute Gasteiger partial charge is 0.481 e. The molecule has 1 aliphatic rings. The highest BCUT2D eigenvalue weighted by Gasteiger charge is 2.41. The van der Waals surface area contributed by atoms with Gasteiger partial charge in [-0.1, -0.05) is 26.8 Å². The molecule has 1 aromatic heterocycles. The lowest BCUT2D eigenvalue weighted by atomic mass is 9.77. The number of likely N-dealkylation sites (tertiary alicyclic amines) is 1. The van der Waals surface area contributed by atoms with Crippen LogP contribution in [0.1, 0.15) is 61.9 Å². The van der Waals surface area contributed by atoms with Crippen molar-refractivity contribution in [3.63, 3.8) is 0 Å². The Morgan fingerprint density at radius 3 is 2.68 bits per heavy atom. The predicted octanol–water partition coefficient (Wildman–Crippen LogP) is 2.92. The Labute approximate surface area is 148 Å². The molecule has 0 aromatic carbocycles. The van der Waals surface area contributed by atoms with Crippen LogP contribution in [0.3, 0.4) is 0 Å². The minimum atomic E-state index is -0.794. The summed E-state index contributed by atoms with van der Waals surface area (Å²) in [6.45, 7) is 11.5. The lowest BCUT2D eigenvalue weighted by molar-refractivity contribution is -0.152. The van der Waals surface area contributed by atoms with Gasteiger partial charge in [0.2, 0.25) is 0 Å². The molecule has 2 rings (SSSR count). The predicted molar refractivity (Wildman–Crippen MR) is 95.3 cm³/mol. The Hall–Kier alpha value is -2.08. The Morgan fingerprint density at radius 2 is 2.16 bits per heavy atom. The molecule has 1 aromatic rings. The number of piperidine rings is 1. The number of nitrogens with two attached hydrogens (primary N) is 1. The van der Waals surface area contributed by atoms with Gasteiger partial charge in [-0.05, 0) is 31.9 Å². The minimum Gasteiger partial charge on any atom is -0.481 e. The van der Waals surface area contributed by atoms with E-state index in [4.69, 9.17) is 10.2 Å². The van der Waals surface area contributed by atoms with E-state index >= 15 is 0 Å². The van der Waals surface area contributed by atoms with Crippen molar-refractivity contribution in [2.75, 3.05) is 13.1 Å². The van der Waals surface area contributed by atoms with Crippen LogP contribution in [-0.2, 0) is 16.8 Å². The first-order chi connectivity index (χ1) is 11.6. The van der Waals surface area contributed by atoms with E-state index in [0.717, 1.165) is 24.3 Å². The second-order valence-corrected chi connectivity index (χ2v) is 7.97. The third kappa shape index (κ3) is 4.12. The van der Waals surface area contributed by atoms with Gasteiger partial charge in [0.05, 0.1) is 5.41 Å². The molecular formula is C19H28N2O4. The highest BCUT2D eigenvalue weighted by atomic mass is 16.4. The number of nitrogens with zero attached hydrogens (tertiary/aromatic N) is 1. The van der Waals surface area contributed by atoms with E-state index in [-0.39, 0.29) is 11.2 Å². The van der Waals surface area contributed by atoms with E-state index in [0.29, 0.717) is 25.9 Å². The molecule has 1 fully saturated rings. The number of carbonyl (C=O) groups excluding carboxylic acids is 1. The topological polar surface area (TPSA) is 96.8 Å². The van der Waals surface area contributed by atoms with Gasteiger partial charge in [-0.3, -0.25) is 14.5 Å². The molecule has 1 atom stereocenters. The number of hydrogen-bond donors (Lipinski definition) is 2. The fourth-order valence-electron chi connectivity index (χ4n) is 3.61. The smallest absolute Gasteiger partial charge is 0.311 e. The molecule has 0 radical (unpaired) electrons. The lowest BCUT2D eigenvalue weighted by Crippen LogP contribution is -2.47. The number of rotatable bonds is 6. The first-order valence-corrected chi connectivity index (χ1v) is 8.59. The van der Waals surface area contributed by atoms with Gasteiger partial charge < -0.3 is 15.3 Å². The number of carboxylic acids is 1. The van der Waals surface area contributed by atoms with E-state index in [9.17, 15) is 14.7 Å². The van der Waals surface area contributed by atoms with Gasteiger partial charge in [-0.2, -0.15) is 0 Å². The fourth-order valence-corrected chi connectivity index (χ4v) is 3.61. The van der Waals surface area contributed by atoms with Crippen LogP contribution in [0.15, 0.2) is 23.1 Å². The van der Waals surface area contributed by atoms with Gasteiger partial charge in [-0.15, -0.1) is 6.58 Å². The standard InChI is InChI=1S/C19H28N2O4/c1-5-7-19(17(23)24)8-6-9-21(12-19)11-13-10-14(16(20)22)25-15(13)18(2,3)4/h5,10H,1,6-9,11-12H2,2-4H3,(H2,20,22)(H,23,24). The average Bonchev–Trinajstić information content (AvgIpc) is 2.92. The summed E-state index contributed by atoms with van der Waals surface area (Å²) < 4.78 is 5.70. The summed E-state index contributed by atoms with van der Waals surface area (Å²) in [4.78, 5) is 25.4. The van der Waals surface area contributed by atoms with Crippen molar-refractivity contribution in [3.8, 4) is 0 Å². The van der Waals surface area contributed by atoms with Gasteiger partial charge in [0.1, 0.15) is 5.76 Å². The number of primary amides is 1. The van der Waals surface area contributed by atoms with Crippen LogP contribution in [0.5, 0.6) is 0 Å². The molecular weight excluding hydrogens is 320 g/mol. The molecule has 0 aliphatic carbocycles. The van der Waals surface area contributed by atoms with E-state index in [1.807, 2.05) is 20.8 Å². The summed E-state index contributed by atoms with van der Waals surface area (Å²) in [7, 11) is 0. The number of furan rings is 1. The van der Waals surface area contributed by atoms with Gasteiger partial charge in [0, 0.05) is 24.1 Å². The summed E-state index contributed by atoms with van der Waals surface area (Å²) in [5, 5.41) is 9.71. The van der Waals surface area contributed by atoms with Crippen LogP contribution in [0, 0.1) is 5.41 Å². The van der Waals surface area contributed by atoms with Gasteiger partial charge in [-0.25, -0.2) is 0 Å². The highest BCUT2D eigenvalue weighted by molar-refractivity contribution is 5.90. The molecule has 6 heteroatoms. The van der Waals surface area contributed by atoms with E-state index in [1.54, 1.807) is 12.1 Å². The van der Waals surface area contributed by atoms with Crippen LogP contribution in [0.2, 0.25) is 0 Å². The van der Waals surface area contributed by atoms with Gasteiger partial charge in [0.25, 0.3) is 5.91 Å². The van der Waals surface area contributed by atoms with Crippen LogP contribution in [0.25, 0.3) is 0 Å². The van der Waals surface area contributed by atoms with Crippen molar-refractivity contribution >= 4 is 11.9 Å². The molecule has 0 spiro atoms. The molecule has 1 aliphatic heterocycles. The second-order valence-electron chi connectivity index (χ2n) is 7.97. The molecule has 0 bridgehead atoms. The van der Waals surface area contributed by atoms with E-state index < -0.39 is 17.3 Å². The quantitative estimate of drug-likeness (QED) is 0.771. The fraction of sp³-hybridized carbons (Fsp3) is 0.579. The Bertz CT molecular complexity index is 671. The highest BCUT2D eigenvalue weighted by Crippen LogP contribution is 2.36. The maximum Gasteiger partial charge on any atom is 0.311 e. The van der Waals surface area contributed by atoms with Crippen LogP contribution in [-0.4, -0.2) is 35.0 Å². The van der Waals surface area contributed by atoms with Crippen LogP contribution >= 0.6 is 0 Å². The zero-order valence-corrected chi connectivity index (χ0v) is 15.3. The van der Waals surface area contributed by atoms with Gasteiger partial charge >= 0.3 is 5.97 Å². The zero-order valence-electron chi connectivity index (χ0n) is 15.3. The van der Waals surface area contributed by atoms with Crippen LogP contribution < -0.4 is 5.73 Å². The third-order valence-electron chi connectivity index (χ3n) is 4.77. The van der Waals surface area contributed by atoms with Crippen LogP contribution in [0.4, 0.5) is 0 Å². The maximum atomic E-state index is 11.8. The number of carbonyl (C=O) groups is 2. The van der Waals surface area contributed by atoms with Crippen molar-refractivity contribution in [2.45, 2.75) is 52.0 Å². The normalized spacial score (nSPS) is 21.9. The van der Waals surface area contributed by atoms with Crippen molar-refractivity contribution in [1.82, 2.24) is 4.90 Å². The zero-order chi connectivity index (χ0) is 18.8. The number of aliphatic carboxylic acids is 1. The molecule has 1 unspecified atom stereocenters. The third-order valence-corrected chi connectivity index (χ3v) is 4.77. The SMILES string of the molecule is C=CCC1(C(=O)O)CCCN(Cc2cc(C(N)=O)oc2C(C)(C)C)C1. The summed E-state index contributed by atoms with van der Waals surface area (Å²) in [5.74, 6) is -0.510. The second kappa shape index (κ2) is 7.04. The number of amides is 1. The molecule has 2 heterocycles. The first kappa shape index (κ1) is 19.2. The Kier molecular flexibility index (Phi) is 5.42. The number of carboxylic acid groups (broad SMARTS) is 1. The molecule has 0 saturated carbocycles. The van der Waals surface area contributed by atoms with Crippen molar-refractivity contribution < 1.29 is 19.1 Å². The molecule has 1 saturated heterocycles. The minimum absolute atomic E-state index is 0.146. The average molecular weight is 348 g/mol. The molecule has 138 valence electrons. The monoisotopic (exact) mass is 348 g/mol. The van der Waals surface area contributed by atoms with Gasteiger partial charge in [0.15, 0.2) is 5.76 Å². The summed E-state index contributed by atoms with van der Waals surface area (Å²) in [5.41, 5.74) is 5.18. The lowest BCUT2D eigenvalue weighted by Gasteiger charge is -2.39.